The molecule has 210 valence electrons. The third kappa shape index (κ3) is 5.74. The Balaban J connectivity index is 1.26. The molecule has 1 aliphatic carbocycles. The summed E-state index contributed by atoms with van der Waals surface area (Å²) in [4.78, 5) is 24.1. The Kier molecular flexibility index (Phi) is 7.81. The fraction of sp³-hybridized carbons (Fsp3) is 0.400. The molecule has 7 nitrogen and oxygen atoms in total. The van der Waals surface area contributed by atoms with E-state index in [4.69, 9.17) is 21.2 Å². The highest BCUT2D eigenvalue weighted by Crippen LogP contribution is 2.34. The summed E-state index contributed by atoms with van der Waals surface area (Å²) in [5.74, 6) is -0.696. The van der Waals surface area contributed by atoms with Crippen LogP contribution in [0.15, 0.2) is 53.7 Å². The third-order valence-corrected chi connectivity index (χ3v) is 9.02. The van der Waals surface area contributed by atoms with E-state index in [-0.39, 0.29) is 30.1 Å². The summed E-state index contributed by atoms with van der Waals surface area (Å²) < 4.78 is 21.2. The van der Waals surface area contributed by atoms with E-state index in [1.165, 1.54) is 22.3 Å². The number of benzene rings is 2. The Labute approximate surface area is 241 Å². The van der Waals surface area contributed by atoms with Gasteiger partial charge in [-0.2, -0.15) is 0 Å². The maximum atomic E-state index is 14.9. The second kappa shape index (κ2) is 11.5. The highest BCUT2D eigenvalue weighted by Gasteiger charge is 2.35. The molecule has 1 amide bonds. The molecule has 0 spiro atoms. The molecule has 0 bridgehead atoms. The summed E-state index contributed by atoms with van der Waals surface area (Å²) in [5, 5.41) is 15.7. The number of amides is 1. The zero-order chi connectivity index (χ0) is 27.8. The van der Waals surface area contributed by atoms with Crippen LogP contribution in [0.1, 0.15) is 48.5 Å². The van der Waals surface area contributed by atoms with Crippen molar-refractivity contribution in [1.82, 2.24) is 9.80 Å². The number of likely N-dealkylation sites (N-methyl/N-ethyl adjacent to an activating group) is 1. The number of ether oxygens (including phenoxy) is 1. The van der Waals surface area contributed by atoms with Gasteiger partial charge < -0.3 is 24.5 Å². The van der Waals surface area contributed by atoms with Gasteiger partial charge in [0, 0.05) is 29.6 Å². The fourth-order valence-corrected chi connectivity index (χ4v) is 6.34. The van der Waals surface area contributed by atoms with Gasteiger partial charge in [-0.1, -0.05) is 35.0 Å². The normalized spacial score (nSPS) is 18.4. The van der Waals surface area contributed by atoms with Gasteiger partial charge in [0.2, 0.25) is 0 Å². The van der Waals surface area contributed by atoms with E-state index in [0.29, 0.717) is 22.0 Å². The molecule has 1 saturated heterocycles. The lowest BCUT2D eigenvalue weighted by molar-refractivity contribution is -0.128. The van der Waals surface area contributed by atoms with E-state index < -0.39 is 18.0 Å². The minimum Gasteiger partial charge on any atom is -0.487 e. The largest absolute Gasteiger partial charge is 0.487 e. The molecule has 10 heteroatoms. The molecule has 2 fully saturated rings. The summed E-state index contributed by atoms with van der Waals surface area (Å²) in [5.41, 5.74) is 3.10. The summed E-state index contributed by atoms with van der Waals surface area (Å²) in [6.45, 7) is 2.47. The lowest BCUT2D eigenvalue weighted by Crippen LogP contribution is -2.50. The molecule has 2 aromatic carbocycles. The number of halogens is 2. The zero-order valence-corrected chi connectivity index (χ0v) is 23.8. The number of rotatable bonds is 9. The number of oxime groups is 1. The second-order valence-corrected chi connectivity index (χ2v) is 12.3. The monoisotopic (exact) mass is 583 g/mol. The van der Waals surface area contributed by atoms with Crippen LogP contribution in [0.3, 0.4) is 0 Å². The van der Waals surface area contributed by atoms with Gasteiger partial charge in [-0.3, -0.25) is 4.79 Å². The highest BCUT2D eigenvalue weighted by molar-refractivity contribution is 7.19. The fourth-order valence-electron chi connectivity index (χ4n) is 5.30. The molecule has 1 saturated carbocycles. The predicted molar refractivity (Wildman–Crippen MR) is 153 cm³/mol. The number of nitrogens with zero attached hydrogens (tertiary/aromatic N) is 3. The van der Waals surface area contributed by atoms with Gasteiger partial charge in [0.25, 0.3) is 5.91 Å². The molecule has 2 aliphatic heterocycles. The zero-order valence-electron chi connectivity index (χ0n) is 22.2. The summed E-state index contributed by atoms with van der Waals surface area (Å²) in [7, 11) is 1.66. The van der Waals surface area contributed by atoms with Gasteiger partial charge in [-0.05, 0) is 80.2 Å². The smallest absolute Gasteiger partial charge is 0.276 e. The van der Waals surface area contributed by atoms with Crippen LogP contribution in [0.5, 0.6) is 5.75 Å². The van der Waals surface area contributed by atoms with Gasteiger partial charge in [-0.25, -0.2) is 4.39 Å². The van der Waals surface area contributed by atoms with Crippen LogP contribution in [0, 0.1) is 5.82 Å². The van der Waals surface area contributed by atoms with Crippen molar-refractivity contribution in [3.05, 3.63) is 75.4 Å². The van der Waals surface area contributed by atoms with Crippen LogP contribution in [-0.4, -0.2) is 65.4 Å². The Bertz CT molecular complexity index is 1440. The van der Waals surface area contributed by atoms with E-state index in [1.807, 2.05) is 30.3 Å². The van der Waals surface area contributed by atoms with Gasteiger partial charge >= 0.3 is 0 Å². The van der Waals surface area contributed by atoms with Crippen molar-refractivity contribution in [2.45, 2.75) is 50.5 Å². The average molecular weight is 584 g/mol. The first-order valence-corrected chi connectivity index (χ1v) is 14.8. The van der Waals surface area contributed by atoms with E-state index in [0.717, 1.165) is 54.8 Å². The van der Waals surface area contributed by atoms with Crippen LogP contribution in [-0.2, 0) is 16.2 Å². The average Bonchev–Trinajstić information content (AvgIpc) is 3.42. The first-order chi connectivity index (χ1) is 19.4. The number of hydrogen-bond acceptors (Lipinski definition) is 7. The number of fused-ring (bicyclic) bond motifs is 1. The molecule has 40 heavy (non-hydrogen) atoms. The van der Waals surface area contributed by atoms with E-state index in [9.17, 15) is 14.3 Å². The van der Waals surface area contributed by atoms with Gasteiger partial charge in [-0.15, -0.1) is 11.3 Å². The molecule has 2 unspecified atom stereocenters. The summed E-state index contributed by atoms with van der Waals surface area (Å²) >= 11 is 7.61. The Hall–Kier alpha value is -2.98. The highest BCUT2D eigenvalue weighted by atomic mass is 35.5. The van der Waals surface area contributed by atoms with Crippen molar-refractivity contribution in [1.29, 1.82) is 0 Å². The van der Waals surface area contributed by atoms with Crippen molar-refractivity contribution >= 4 is 34.6 Å². The standard InChI is InChI=1S/C30H31ClFN3O4S/c1-34(30(37)28-22-8-4-18(14-20(22)17-38-33-28)26-10-11-27(31)40-26)24(16-35-12-2-3-13-35)29(36)19-5-9-25(23(32)15-19)39-21-6-7-21/h4-5,8-11,14-15,21,24,29,36H,2-3,6-7,12-13,16-17H2,1H3. The van der Waals surface area contributed by atoms with Gasteiger partial charge in [0.15, 0.2) is 17.3 Å². The first kappa shape index (κ1) is 27.2. The second-order valence-electron chi connectivity index (χ2n) is 10.6. The first-order valence-electron chi connectivity index (χ1n) is 13.6. The molecule has 2 atom stereocenters. The van der Waals surface area contributed by atoms with Crippen molar-refractivity contribution in [2.75, 3.05) is 26.7 Å². The van der Waals surface area contributed by atoms with Crippen LogP contribution in [0.2, 0.25) is 4.34 Å². The van der Waals surface area contributed by atoms with Crippen molar-refractivity contribution < 1.29 is 23.9 Å². The lowest BCUT2D eigenvalue weighted by atomic mass is 9.96. The Morgan fingerprint density at radius 1 is 1.23 bits per heavy atom. The van der Waals surface area contributed by atoms with Gasteiger partial charge in [0.1, 0.15) is 12.7 Å². The molecule has 1 aromatic heterocycles. The topological polar surface area (TPSA) is 74.6 Å². The van der Waals surface area contributed by atoms with Crippen molar-refractivity contribution in [3.63, 3.8) is 0 Å². The number of thiophene rings is 1. The molecule has 1 N–H and O–H groups in total. The number of hydrogen-bond donors (Lipinski definition) is 1. The Morgan fingerprint density at radius 3 is 2.73 bits per heavy atom. The number of aliphatic hydroxyl groups excluding tert-OH is 1. The van der Waals surface area contributed by atoms with Gasteiger partial charge in [0.05, 0.1) is 16.5 Å². The Morgan fingerprint density at radius 2 is 2.02 bits per heavy atom. The van der Waals surface area contributed by atoms with Crippen LogP contribution < -0.4 is 4.74 Å². The summed E-state index contributed by atoms with van der Waals surface area (Å²) in [6.07, 6.45) is 2.93. The number of aliphatic hydroxyl groups is 1. The van der Waals surface area contributed by atoms with E-state index in [1.54, 1.807) is 19.2 Å². The van der Waals surface area contributed by atoms with Crippen LogP contribution >= 0.6 is 22.9 Å². The molecule has 3 aromatic rings. The molecular weight excluding hydrogens is 553 g/mol. The van der Waals surface area contributed by atoms with Crippen LogP contribution in [0.4, 0.5) is 4.39 Å². The van der Waals surface area contributed by atoms with E-state index >= 15 is 0 Å². The van der Waals surface area contributed by atoms with Crippen LogP contribution in [0.25, 0.3) is 10.4 Å². The molecule has 3 heterocycles. The van der Waals surface area contributed by atoms with Crippen molar-refractivity contribution in [3.8, 4) is 16.2 Å². The number of likely N-dealkylation sites (tertiary alicyclic amines) is 1. The molecule has 3 aliphatic rings. The molecular formula is C30H31ClFN3O4S. The number of carbonyl (C=O) groups excluding carboxylic acids is 1. The quantitative estimate of drug-likeness (QED) is 0.353. The molecule has 0 radical (unpaired) electrons. The minimum atomic E-state index is -1.12. The molecule has 6 rings (SSSR count). The maximum absolute atomic E-state index is 14.9. The summed E-state index contributed by atoms with van der Waals surface area (Å²) in [6, 6.07) is 13.5. The van der Waals surface area contributed by atoms with Crippen molar-refractivity contribution in [2.24, 2.45) is 5.16 Å². The van der Waals surface area contributed by atoms with E-state index in [2.05, 4.69) is 10.1 Å². The maximum Gasteiger partial charge on any atom is 0.276 e. The SMILES string of the molecule is CN(C(=O)C1=NOCc2cc(-c3ccc(Cl)s3)ccc21)C(CN1CCCC1)C(O)c1ccc(OC2CC2)c(F)c1. The third-order valence-electron chi connectivity index (χ3n) is 7.74. The number of carbonyl (C=O) groups is 1. The predicted octanol–water partition coefficient (Wildman–Crippen LogP) is 5.64. The lowest BCUT2D eigenvalue weighted by Gasteiger charge is -2.35. The minimum absolute atomic E-state index is 0.0671.